The van der Waals surface area contributed by atoms with Crippen LogP contribution in [0.2, 0.25) is 0 Å². The molecule has 0 bridgehead atoms. The summed E-state index contributed by atoms with van der Waals surface area (Å²) in [6.07, 6.45) is 4.74. The average molecular weight is 261 g/mol. The molecule has 0 amide bonds. The van der Waals surface area contributed by atoms with E-state index in [-0.39, 0.29) is 0 Å². The number of rotatable bonds is 6. The predicted molar refractivity (Wildman–Crippen MR) is 80.2 cm³/mol. The summed E-state index contributed by atoms with van der Waals surface area (Å²) in [5, 5.41) is 3.89. The molecule has 2 heteroatoms. The van der Waals surface area contributed by atoms with Crippen LogP contribution in [0, 0.1) is 5.92 Å². The van der Waals surface area contributed by atoms with Crippen molar-refractivity contribution in [2.45, 2.75) is 51.6 Å². The van der Waals surface area contributed by atoms with E-state index in [9.17, 15) is 0 Å². The van der Waals surface area contributed by atoms with Gasteiger partial charge in [-0.15, -0.1) is 0 Å². The van der Waals surface area contributed by atoms with Crippen molar-refractivity contribution in [1.29, 1.82) is 0 Å². The van der Waals surface area contributed by atoms with E-state index in [2.05, 4.69) is 49.5 Å². The van der Waals surface area contributed by atoms with Crippen molar-refractivity contribution >= 4 is 0 Å². The summed E-state index contributed by atoms with van der Waals surface area (Å²) in [6, 6.07) is 12.0. The molecule has 1 saturated heterocycles. The Morgan fingerprint density at radius 1 is 1.11 bits per heavy atom. The lowest BCUT2D eigenvalue weighted by atomic mass is 9.87. The third kappa shape index (κ3) is 4.05. The van der Waals surface area contributed by atoms with Gasteiger partial charge in [-0.3, -0.25) is 0 Å². The molecular weight excluding hydrogens is 234 g/mol. The van der Waals surface area contributed by atoms with Gasteiger partial charge < -0.3 is 10.1 Å². The minimum absolute atomic E-state index is 0.485. The van der Waals surface area contributed by atoms with Crippen LogP contribution < -0.4 is 5.32 Å². The summed E-state index contributed by atoms with van der Waals surface area (Å²) >= 11 is 0. The fourth-order valence-electron chi connectivity index (χ4n) is 3.04. The Morgan fingerprint density at radius 3 is 2.32 bits per heavy atom. The fraction of sp³-hybridized carbons (Fsp3) is 0.647. The summed E-state index contributed by atoms with van der Waals surface area (Å²) in [5.74, 6) is 0.713. The number of hydrogen-bond donors (Lipinski definition) is 1. The molecule has 2 rings (SSSR count). The minimum Gasteiger partial charge on any atom is -0.381 e. The maximum atomic E-state index is 5.46. The van der Waals surface area contributed by atoms with Crippen LogP contribution in [-0.4, -0.2) is 19.3 Å². The zero-order chi connectivity index (χ0) is 13.5. The van der Waals surface area contributed by atoms with Crippen molar-refractivity contribution in [3.63, 3.8) is 0 Å². The highest BCUT2D eigenvalue weighted by Gasteiger charge is 2.24. The van der Waals surface area contributed by atoms with Crippen LogP contribution in [0.25, 0.3) is 0 Å². The first kappa shape index (κ1) is 14.5. The third-order valence-electron chi connectivity index (χ3n) is 4.32. The molecule has 1 N–H and O–H groups in total. The minimum atomic E-state index is 0.485. The van der Waals surface area contributed by atoms with Crippen LogP contribution in [0.5, 0.6) is 0 Å². The van der Waals surface area contributed by atoms with Crippen LogP contribution >= 0.6 is 0 Å². The van der Waals surface area contributed by atoms with Crippen molar-refractivity contribution in [3.05, 3.63) is 35.9 Å². The Hall–Kier alpha value is -0.860. The maximum Gasteiger partial charge on any atom is 0.0480 e. The summed E-state index contributed by atoms with van der Waals surface area (Å²) < 4.78 is 5.46. The Labute approximate surface area is 117 Å². The second-order valence-corrected chi connectivity index (χ2v) is 5.52. The zero-order valence-electron chi connectivity index (χ0n) is 12.3. The van der Waals surface area contributed by atoms with Gasteiger partial charge in [0.1, 0.15) is 0 Å². The van der Waals surface area contributed by atoms with Gasteiger partial charge in [-0.25, -0.2) is 0 Å². The van der Waals surface area contributed by atoms with Crippen molar-refractivity contribution in [2.24, 2.45) is 5.92 Å². The predicted octanol–water partition coefficient (Wildman–Crippen LogP) is 3.93. The van der Waals surface area contributed by atoms with E-state index in [1.165, 1.54) is 18.4 Å². The largest absolute Gasteiger partial charge is 0.381 e. The molecule has 0 radical (unpaired) electrons. The molecule has 1 atom stereocenters. The molecule has 1 aliphatic rings. The highest BCUT2D eigenvalue weighted by Crippen LogP contribution is 2.28. The molecule has 2 nitrogen and oxygen atoms in total. The fourth-order valence-corrected chi connectivity index (χ4v) is 3.04. The van der Waals surface area contributed by atoms with Crippen LogP contribution in [0.3, 0.4) is 0 Å². The Balaban J connectivity index is 2.09. The number of hydrogen-bond acceptors (Lipinski definition) is 2. The normalized spacial score (nSPS) is 18.7. The number of ether oxygens (including phenoxy) is 1. The van der Waals surface area contributed by atoms with E-state index >= 15 is 0 Å². The van der Waals surface area contributed by atoms with Crippen molar-refractivity contribution in [3.8, 4) is 0 Å². The quantitative estimate of drug-likeness (QED) is 0.837. The van der Waals surface area contributed by atoms with Crippen molar-refractivity contribution in [1.82, 2.24) is 5.32 Å². The SMILES string of the molecule is CCC(CC)C(NC1CCOCC1)c1ccccc1. The molecule has 0 saturated carbocycles. The van der Waals surface area contributed by atoms with E-state index in [4.69, 9.17) is 4.74 Å². The molecule has 1 aromatic carbocycles. The number of benzene rings is 1. The van der Waals surface area contributed by atoms with Gasteiger partial charge in [-0.2, -0.15) is 0 Å². The molecule has 1 aliphatic heterocycles. The Morgan fingerprint density at radius 2 is 1.74 bits per heavy atom. The lowest BCUT2D eigenvalue weighted by molar-refractivity contribution is 0.0717. The summed E-state index contributed by atoms with van der Waals surface area (Å²) in [7, 11) is 0. The van der Waals surface area contributed by atoms with Gasteiger partial charge in [0.05, 0.1) is 0 Å². The smallest absolute Gasteiger partial charge is 0.0480 e. The van der Waals surface area contributed by atoms with Gasteiger partial charge in [0.15, 0.2) is 0 Å². The van der Waals surface area contributed by atoms with Gasteiger partial charge in [0, 0.05) is 25.3 Å². The van der Waals surface area contributed by atoms with E-state index in [0.717, 1.165) is 26.1 Å². The first-order valence-corrected chi connectivity index (χ1v) is 7.73. The molecule has 19 heavy (non-hydrogen) atoms. The Bertz CT molecular complexity index is 342. The van der Waals surface area contributed by atoms with Crippen LogP contribution in [-0.2, 0) is 4.74 Å². The molecule has 1 fully saturated rings. The number of nitrogens with one attached hydrogen (secondary N) is 1. The monoisotopic (exact) mass is 261 g/mol. The molecule has 0 aromatic heterocycles. The van der Waals surface area contributed by atoms with E-state index < -0.39 is 0 Å². The summed E-state index contributed by atoms with van der Waals surface area (Å²) in [5.41, 5.74) is 1.43. The van der Waals surface area contributed by atoms with Crippen LogP contribution in [0.4, 0.5) is 0 Å². The van der Waals surface area contributed by atoms with E-state index in [1.807, 2.05) is 0 Å². The zero-order valence-corrected chi connectivity index (χ0v) is 12.3. The standard InChI is InChI=1S/C17H27NO/c1-3-14(4-2)17(15-8-6-5-7-9-15)18-16-10-12-19-13-11-16/h5-9,14,16-18H,3-4,10-13H2,1-2H3. The third-order valence-corrected chi connectivity index (χ3v) is 4.32. The van der Waals surface area contributed by atoms with Crippen LogP contribution in [0.1, 0.15) is 51.1 Å². The molecule has 1 aromatic rings. The Kier molecular flexibility index (Phi) is 5.87. The maximum absolute atomic E-state index is 5.46. The summed E-state index contributed by atoms with van der Waals surface area (Å²) in [6.45, 7) is 6.41. The lowest BCUT2D eigenvalue weighted by Crippen LogP contribution is -2.40. The van der Waals surface area contributed by atoms with Gasteiger partial charge in [0.2, 0.25) is 0 Å². The van der Waals surface area contributed by atoms with Gasteiger partial charge in [-0.05, 0) is 24.3 Å². The second kappa shape index (κ2) is 7.66. The van der Waals surface area contributed by atoms with E-state index in [0.29, 0.717) is 18.0 Å². The first-order chi connectivity index (χ1) is 9.35. The molecule has 106 valence electrons. The second-order valence-electron chi connectivity index (χ2n) is 5.52. The highest BCUT2D eigenvalue weighted by molar-refractivity contribution is 5.20. The van der Waals surface area contributed by atoms with Crippen molar-refractivity contribution < 1.29 is 4.74 Å². The average Bonchev–Trinajstić information content (AvgIpc) is 2.49. The lowest BCUT2D eigenvalue weighted by Gasteiger charge is -2.33. The van der Waals surface area contributed by atoms with Crippen LogP contribution in [0.15, 0.2) is 30.3 Å². The molecule has 0 spiro atoms. The van der Waals surface area contributed by atoms with Gasteiger partial charge in [-0.1, -0.05) is 57.0 Å². The van der Waals surface area contributed by atoms with Gasteiger partial charge in [0.25, 0.3) is 0 Å². The first-order valence-electron chi connectivity index (χ1n) is 7.73. The van der Waals surface area contributed by atoms with E-state index in [1.54, 1.807) is 0 Å². The van der Waals surface area contributed by atoms with Gasteiger partial charge >= 0.3 is 0 Å². The summed E-state index contributed by atoms with van der Waals surface area (Å²) in [4.78, 5) is 0. The van der Waals surface area contributed by atoms with Crippen molar-refractivity contribution in [2.75, 3.05) is 13.2 Å². The molecule has 1 unspecified atom stereocenters. The highest BCUT2D eigenvalue weighted by atomic mass is 16.5. The molecular formula is C17H27NO. The molecule has 0 aliphatic carbocycles. The molecule has 1 heterocycles. The topological polar surface area (TPSA) is 21.3 Å².